The summed E-state index contributed by atoms with van der Waals surface area (Å²) in [5.41, 5.74) is 0.142. The van der Waals surface area contributed by atoms with Crippen LogP contribution in [0.25, 0.3) is 11.3 Å². The van der Waals surface area contributed by atoms with Crippen molar-refractivity contribution in [3.63, 3.8) is 0 Å². The van der Waals surface area contributed by atoms with Crippen molar-refractivity contribution in [2.75, 3.05) is 7.11 Å². The summed E-state index contributed by atoms with van der Waals surface area (Å²) >= 11 is 0. The Labute approximate surface area is 90.7 Å². The number of rotatable bonds is 2. The molecule has 0 aliphatic heterocycles. The molecule has 0 fully saturated rings. The van der Waals surface area contributed by atoms with E-state index < -0.39 is 11.0 Å². The van der Waals surface area contributed by atoms with Gasteiger partial charge < -0.3 is 4.74 Å². The largest absolute Gasteiger partial charge is 0.497 e. The predicted molar refractivity (Wildman–Crippen MR) is 59.7 cm³/mol. The molecule has 0 saturated heterocycles. The second kappa shape index (κ2) is 4.06. The van der Waals surface area contributed by atoms with Gasteiger partial charge in [0.1, 0.15) is 5.75 Å². The van der Waals surface area contributed by atoms with Crippen LogP contribution in [0.4, 0.5) is 0 Å². The summed E-state index contributed by atoms with van der Waals surface area (Å²) in [6.45, 7) is 0. The zero-order valence-electron chi connectivity index (χ0n) is 8.61. The van der Waals surface area contributed by atoms with Crippen LogP contribution in [0, 0.1) is 0 Å². The number of nitrogens with one attached hydrogen (secondary N) is 2. The van der Waals surface area contributed by atoms with E-state index in [0.717, 1.165) is 11.3 Å². The third-order valence-corrected chi connectivity index (χ3v) is 2.21. The maximum absolute atomic E-state index is 11.1. The van der Waals surface area contributed by atoms with E-state index in [2.05, 4.69) is 10.2 Å². The van der Waals surface area contributed by atoms with Gasteiger partial charge in [0.05, 0.1) is 12.8 Å². The summed E-state index contributed by atoms with van der Waals surface area (Å²) in [7, 11) is 1.58. The molecule has 0 radical (unpaired) electrons. The Bertz CT molecular complexity index is 596. The lowest BCUT2D eigenvalue weighted by molar-refractivity contribution is 0.415. The smallest absolute Gasteiger partial charge is 0.310 e. The summed E-state index contributed by atoms with van der Waals surface area (Å²) in [6.07, 6.45) is 0. The maximum Gasteiger partial charge on any atom is 0.310 e. The molecule has 5 heteroatoms. The second-order valence-electron chi connectivity index (χ2n) is 3.23. The van der Waals surface area contributed by atoms with Crippen LogP contribution < -0.4 is 15.7 Å². The van der Waals surface area contributed by atoms with Crippen LogP contribution in [0.5, 0.6) is 5.75 Å². The molecule has 0 unspecified atom stereocenters. The van der Waals surface area contributed by atoms with Crippen LogP contribution in [-0.4, -0.2) is 17.3 Å². The Kier molecular flexibility index (Phi) is 2.59. The van der Waals surface area contributed by atoms with Crippen LogP contribution >= 0.6 is 0 Å². The van der Waals surface area contributed by atoms with E-state index >= 15 is 0 Å². The molecule has 0 aliphatic carbocycles. The number of hydrogen-bond donors (Lipinski definition) is 2. The third-order valence-electron chi connectivity index (χ3n) is 2.21. The SMILES string of the molecule is COc1ccc(-c2cc(=O)c(=O)[nH][nH]2)cc1. The van der Waals surface area contributed by atoms with Crippen molar-refractivity contribution >= 4 is 0 Å². The van der Waals surface area contributed by atoms with Gasteiger partial charge in [-0.2, -0.15) is 0 Å². The van der Waals surface area contributed by atoms with Crippen molar-refractivity contribution in [2.45, 2.75) is 0 Å². The Balaban J connectivity index is 2.46. The fraction of sp³-hybridized carbons (Fsp3) is 0.0909. The van der Waals surface area contributed by atoms with Crippen LogP contribution in [-0.2, 0) is 0 Å². The van der Waals surface area contributed by atoms with Crippen LogP contribution in [0.2, 0.25) is 0 Å². The van der Waals surface area contributed by atoms with Gasteiger partial charge in [0.25, 0.3) is 0 Å². The molecule has 0 bridgehead atoms. The minimum atomic E-state index is -0.655. The lowest BCUT2D eigenvalue weighted by atomic mass is 10.1. The molecule has 0 aliphatic rings. The molecule has 0 amide bonds. The summed E-state index contributed by atoms with van der Waals surface area (Å²) in [5.74, 6) is 0.732. The van der Waals surface area contributed by atoms with E-state index in [-0.39, 0.29) is 0 Å². The van der Waals surface area contributed by atoms with E-state index in [0.29, 0.717) is 5.69 Å². The Morgan fingerprint density at radius 3 is 2.31 bits per heavy atom. The van der Waals surface area contributed by atoms with E-state index in [1.54, 1.807) is 31.4 Å². The number of aromatic amines is 2. The molecule has 2 rings (SSSR count). The van der Waals surface area contributed by atoms with Gasteiger partial charge in [0, 0.05) is 6.07 Å². The Morgan fingerprint density at radius 1 is 1.06 bits per heavy atom. The van der Waals surface area contributed by atoms with Gasteiger partial charge in [-0.05, 0) is 29.8 Å². The maximum atomic E-state index is 11.1. The van der Waals surface area contributed by atoms with Crippen LogP contribution in [0.1, 0.15) is 0 Å². The number of ether oxygens (including phenoxy) is 1. The standard InChI is InChI=1S/C11H10N2O3/c1-16-8-4-2-7(3-5-8)9-6-10(14)11(15)13-12-9/h2-6H,1H3,(H,12,14)(H,13,15). The second-order valence-corrected chi connectivity index (χ2v) is 3.23. The van der Waals surface area contributed by atoms with Gasteiger partial charge in [-0.3, -0.25) is 19.8 Å². The van der Waals surface area contributed by atoms with E-state index in [4.69, 9.17) is 4.74 Å². The fourth-order valence-corrected chi connectivity index (χ4v) is 1.34. The zero-order chi connectivity index (χ0) is 11.5. The normalized spacial score (nSPS) is 10.1. The quantitative estimate of drug-likeness (QED) is 0.730. The van der Waals surface area contributed by atoms with E-state index in [9.17, 15) is 9.59 Å². The first-order chi connectivity index (χ1) is 7.70. The van der Waals surface area contributed by atoms with Gasteiger partial charge in [-0.15, -0.1) is 0 Å². The molecule has 16 heavy (non-hydrogen) atoms. The highest BCUT2D eigenvalue weighted by atomic mass is 16.5. The Hall–Kier alpha value is -2.30. The van der Waals surface area contributed by atoms with Crippen molar-refractivity contribution in [2.24, 2.45) is 0 Å². The number of benzene rings is 1. The number of aromatic nitrogens is 2. The molecule has 1 heterocycles. The number of methoxy groups -OCH3 is 1. The zero-order valence-corrected chi connectivity index (χ0v) is 8.61. The third kappa shape index (κ3) is 1.88. The molecule has 82 valence electrons. The first-order valence-corrected chi connectivity index (χ1v) is 4.67. The molecule has 1 aromatic carbocycles. The average molecular weight is 218 g/mol. The average Bonchev–Trinajstić information content (AvgIpc) is 2.33. The lowest BCUT2D eigenvalue weighted by Gasteiger charge is -2.02. The first kappa shape index (κ1) is 10.2. The lowest BCUT2D eigenvalue weighted by Crippen LogP contribution is -2.26. The monoisotopic (exact) mass is 218 g/mol. The minimum absolute atomic E-state index is 0.562. The molecular formula is C11H10N2O3. The molecule has 1 aromatic heterocycles. The van der Waals surface area contributed by atoms with Gasteiger partial charge in [-0.1, -0.05) is 0 Å². The Morgan fingerprint density at radius 2 is 1.75 bits per heavy atom. The van der Waals surface area contributed by atoms with Crippen molar-refractivity contribution in [3.05, 3.63) is 50.9 Å². The van der Waals surface area contributed by atoms with Crippen LogP contribution in [0.3, 0.4) is 0 Å². The van der Waals surface area contributed by atoms with Gasteiger partial charge in [-0.25, -0.2) is 0 Å². The van der Waals surface area contributed by atoms with Crippen molar-refractivity contribution in [1.29, 1.82) is 0 Å². The van der Waals surface area contributed by atoms with Crippen molar-refractivity contribution in [3.8, 4) is 17.0 Å². The highest BCUT2D eigenvalue weighted by Gasteiger charge is 2.01. The number of H-pyrrole nitrogens is 2. The van der Waals surface area contributed by atoms with Gasteiger partial charge in [0.2, 0.25) is 5.43 Å². The van der Waals surface area contributed by atoms with Crippen molar-refractivity contribution in [1.82, 2.24) is 10.2 Å². The van der Waals surface area contributed by atoms with Gasteiger partial charge >= 0.3 is 5.56 Å². The topological polar surface area (TPSA) is 75.0 Å². The van der Waals surface area contributed by atoms with Crippen LogP contribution in [0.15, 0.2) is 39.9 Å². The molecular weight excluding hydrogens is 208 g/mol. The number of hydrogen-bond acceptors (Lipinski definition) is 3. The molecule has 2 N–H and O–H groups in total. The predicted octanol–water partition coefficient (Wildman–Crippen LogP) is 0.739. The molecule has 0 atom stereocenters. The highest BCUT2D eigenvalue weighted by molar-refractivity contribution is 5.59. The summed E-state index contributed by atoms with van der Waals surface area (Å²) in [5, 5.41) is 4.92. The highest BCUT2D eigenvalue weighted by Crippen LogP contribution is 2.18. The molecule has 5 nitrogen and oxygen atoms in total. The first-order valence-electron chi connectivity index (χ1n) is 4.67. The molecule has 2 aromatic rings. The summed E-state index contributed by atoms with van der Waals surface area (Å²) in [6, 6.07) is 8.41. The summed E-state index contributed by atoms with van der Waals surface area (Å²) in [4.78, 5) is 22.0. The molecule has 0 spiro atoms. The molecule has 0 saturated carbocycles. The van der Waals surface area contributed by atoms with E-state index in [1.165, 1.54) is 6.07 Å². The van der Waals surface area contributed by atoms with Gasteiger partial charge in [0.15, 0.2) is 0 Å². The minimum Gasteiger partial charge on any atom is -0.497 e. The summed E-state index contributed by atoms with van der Waals surface area (Å²) < 4.78 is 5.02. The fourth-order valence-electron chi connectivity index (χ4n) is 1.34. The van der Waals surface area contributed by atoms with Crippen molar-refractivity contribution < 1.29 is 4.74 Å². The van der Waals surface area contributed by atoms with E-state index in [1.807, 2.05) is 0 Å².